The average Bonchev–Trinajstić information content (AvgIpc) is 2.27. The Morgan fingerprint density at radius 1 is 1.47 bits per heavy atom. The van der Waals surface area contributed by atoms with E-state index in [2.05, 4.69) is 0 Å². The second kappa shape index (κ2) is 4.84. The molecule has 1 N–H and O–H groups in total. The summed E-state index contributed by atoms with van der Waals surface area (Å²) in [4.78, 5) is 0. The van der Waals surface area contributed by atoms with E-state index in [9.17, 15) is 5.11 Å². The summed E-state index contributed by atoms with van der Waals surface area (Å²) >= 11 is 6.12. The van der Waals surface area contributed by atoms with Crippen molar-refractivity contribution in [1.29, 1.82) is 0 Å². The molecule has 0 saturated carbocycles. The van der Waals surface area contributed by atoms with E-state index in [0.717, 1.165) is 17.5 Å². The molecule has 1 aliphatic heterocycles. The first-order chi connectivity index (χ1) is 8.10. The number of benzene rings is 1. The summed E-state index contributed by atoms with van der Waals surface area (Å²) < 4.78 is 10.4. The quantitative estimate of drug-likeness (QED) is 0.898. The van der Waals surface area contributed by atoms with Crippen molar-refractivity contribution in [2.45, 2.75) is 13.3 Å². The summed E-state index contributed by atoms with van der Waals surface area (Å²) in [6, 6.07) is 3.85. The number of methoxy groups -OCH3 is 1. The first-order valence-corrected chi connectivity index (χ1v) is 6.00. The van der Waals surface area contributed by atoms with Crippen LogP contribution in [0.1, 0.15) is 11.1 Å². The molecule has 1 aliphatic rings. The van der Waals surface area contributed by atoms with E-state index in [4.69, 9.17) is 21.1 Å². The van der Waals surface area contributed by atoms with Gasteiger partial charge in [0.05, 0.1) is 32.0 Å². The minimum atomic E-state index is -0.122. The van der Waals surface area contributed by atoms with Crippen LogP contribution >= 0.6 is 11.6 Å². The lowest BCUT2D eigenvalue weighted by molar-refractivity contribution is -0.136. The van der Waals surface area contributed by atoms with E-state index in [1.54, 1.807) is 7.11 Å². The van der Waals surface area contributed by atoms with Gasteiger partial charge in [0.1, 0.15) is 5.75 Å². The minimum absolute atomic E-state index is 0.122. The van der Waals surface area contributed by atoms with Crippen LogP contribution in [0.3, 0.4) is 0 Å². The van der Waals surface area contributed by atoms with Crippen molar-refractivity contribution in [3.05, 3.63) is 28.3 Å². The van der Waals surface area contributed by atoms with Crippen molar-refractivity contribution >= 4 is 11.6 Å². The molecule has 0 bridgehead atoms. The van der Waals surface area contributed by atoms with Gasteiger partial charge in [-0.15, -0.1) is 0 Å². The van der Waals surface area contributed by atoms with Crippen LogP contribution in [0.5, 0.6) is 5.75 Å². The second-order valence-electron chi connectivity index (χ2n) is 4.74. The monoisotopic (exact) mass is 256 g/mol. The van der Waals surface area contributed by atoms with Gasteiger partial charge < -0.3 is 14.6 Å². The lowest BCUT2D eigenvalue weighted by Gasteiger charge is -2.40. The van der Waals surface area contributed by atoms with Crippen LogP contribution in [0, 0.1) is 12.3 Å². The molecule has 4 heteroatoms. The Labute approximate surface area is 106 Å². The molecule has 0 atom stereocenters. The van der Waals surface area contributed by atoms with Crippen LogP contribution in [-0.4, -0.2) is 32.0 Å². The number of ether oxygens (including phenoxy) is 2. The predicted molar refractivity (Wildman–Crippen MR) is 66.8 cm³/mol. The van der Waals surface area contributed by atoms with Crippen molar-refractivity contribution in [1.82, 2.24) is 0 Å². The number of rotatable bonds is 4. The highest BCUT2D eigenvalue weighted by atomic mass is 35.5. The van der Waals surface area contributed by atoms with Crippen LogP contribution in [0.25, 0.3) is 0 Å². The number of hydrogen-bond donors (Lipinski definition) is 1. The minimum Gasteiger partial charge on any atom is -0.495 e. The molecule has 0 amide bonds. The van der Waals surface area contributed by atoms with E-state index in [0.29, 0.717) is 24.0 Å². The standard InChI is InChI=1S/C13H17ClO3/c1-9-3-12(16-2)11(14)4-10(9)5-13(6-15)7-17-8-13/h3-4,15H,5-8H2,1-2H3. The Kier molecular flexibility index (Phi) is 3.61. The van der Waals surface area contributed by atoms with Crippen LogP contribution in [0.2, 0.25) is 5.02 Å². The Morgan fingerprint density at radius 2 is 2.18 bits per heavy atom. The van der Waals surface area contributed by atoms with Gasteiger partial charge in [0.15, 0.2) is 0 Å². The normalized spacial score (nSPS) is 17.6. The van der Waals surface area contributed by atoms with Gasteiger partial charge in [0, 0.05) is 5.41 Å². The third kappa shape index (κ3) is 2.41. The third-order valence-corrected chi connectivity index (χ3v) is 3.62. The second-order valence-corrected chi connectivity index (χ2v) is 5.15. The zero-order valence-corrected chi connectivity index (χ0v) is 10.9. The fourth-order valence-corrected chi connectivity index (χ4v) is 2.35. The molecule has 1 heterocycles. The molecule has 0 aromatic heterocycles. The summed E-state index contributed by atoms with van der Waals surface area (Å²) in [5.41, 5.74) is 2.15. The molecule has 2 rings (SSSR count). The summed E-state index contributed by atoms with van der Waals surface area (Å²) in [5, 5.41) is 10.0. The zero-order valence-electron chi connectivity index (χ0n) is 10.1. The number of aryl methyl sites for hydroxylation is 1. The molecule has 0 unspecified atom stereocenters. The molecule has 94 valence electrons. The highest BCUT2D eigenvalue weighted by molar-refractivity contribution is 6.32. The summed E-state index contributed by atoms with van der Waals surface area (Å²) in [6.45, 7) is 3.41. The van der Waals surface area contributed by atoms with Crippen LogP contribution in [-0.2, 0) is 11.2 Å². The van der Waals surface area contributed by atoms with Gasteiger partial charge in [-0.05, 0) is 36.6 Å². The molecule has 0 aliphatic carbocycles. The fraction of sp³-hybridized carbons (Fsp3) is 0.538. The van der Waals surface area contributed by atoms with E-state index >= 15 is 0 Å². The largest absolute Gasteiger partial charge is 0.495 e. The van der Waals surface area contributed by atoms with E-state index < -0.39 is 0 Å². The number of hydrogen-bond acceptors (Lipinski definition) is 3. The maximum atomic E-state index is 9.42. The SMILES string of the molecule is COc1cc(C)c(CC2(CO)COC2)cc1Cl. The molecular formula is C13H17ClO3. The van der Waals surface area contributed by atoms with Crippen molar-refractivity contribution < 1.29 is 14.6 Å². The van der Waals surface area contributed by atoms with Gasteiger partial charge in [0.25, 0.3) is 0 Å². The van der Waals surface area contributed by atoms with Gasteiger partial charge in [-0.25, -0.2) is 0 Å². The summed E-state index contributed by atoms with van der Waals surface area (Å²) in [5.74, 6) is 0.691. The first-order valence-electron chi connectivity index (χ1n) is 5.62. The Balaban J connectivity index is 2.24. The molecular weight excluding hydrogens is 240 g/mol. The average molecular weight is 257 g/mol. The molecule has 17 heavy (non-hydrogen) atoms. The molecule has 0 spiro atoms. The molecule has 1 saturated heterocycles. The molecule has 1 aromatic rings. The van der Waals surface area contributed by atoms with Crippen molar-refractivity contribution in [3.63, 3.8) is 0 Å². The smallest absolute Gasteiger partial charge is 0.137 e. The van der Waals surface area contributed by atoms with Gasteiger partial charge in [-0.2, -0.15) is 0 Å². The molecule has 0 radical (unpaired) electrons. The van der Waals surface area contributed by atoms with Crippen molar-refractivity contribution in [2.75, 3.05) is 26.9 Å². The number of aliphatic hydroxyl groups is 1. The highest BCUT2D eigenvalue weighted by Crippen LogP contribution is 2.35. The highest BCUT2D eigenvalue weighted by Gasteiger charge is 2.38. The van der Waals surface area contributed by atoms with Crippen LogP contribution in [0.4, 0.5) is 0 Å². The number of aliphatic hydroxyl groups excluding tert-OH is 1. The van der Waals surface area contributed by atoms with Gasteiger partial charge in [-0.3, -0.25) is 0 Å². The number of halogens is 1. The lowest BCUT2D eigenvalue weighted by Crippen LogP contribution is -2.47. The summed E-state index contributed by atoms with van der Waals surface area (Å²) in [7, 11) is 1.61. The van der Waals surface area contributed by atoms with Crippen molar-refractivity contribution in [2.24, 2.45) is 5.41 Å². The molecule has 1 fully saturated rings. The zero-order chi connectivity index (χ0) is 12.5. The van der Waals surface area contributed by atoms with Gasteiger partial charge in [0.2, 0.25) is 0 Å². The fourth-order valence-electron chi connectivity index (χ4n) is 2.09. The van der Waals surface area contributed by atoms with Gasteiger partial charge >= 0.3 is 0 Å². The third-order valence-electron chi connectivity index (χ3n) is 3.33. The van der Waals surface area contributed by atoms with Crippen LogP contribution < -0.4 is 4.74 Å². The van der Waals surface area contributed by atoms with E-state index in [-0.39, 0.29) is 12.0 Å². The Morgan fingerprint density at radius 3 is 2.65 bits per heavy atom. The predicted octanol–water partition coefficient (Wildman–Crippen LogP) is 2.21. The van der Waals surface area contributed by atoms with Crippen LogP contribution in [0.15, 0.2) is 12.1 Å². The Bertz CT molecular complexity index is 408. The molecule has 1 aromatic carbocycles. The Hall–Kier alpha value is -0.770. The van der Waals surface area contributed by atoms with Gasteiger partial charge in [-0.1, -0.05) is 11.6 Å². The maximum absolute atomic E-state index is 9.42. The summed E-state index contributed by atoms with van der Waals surface area (Å²) in [6.07, 6.45) is 0.791. The van der Waals surface area contributed by atoms with E-state index in [1.807, 2.05) is 19.1 Å². The maximum Gasteiger partial charge on any atom is 0.137 e. The molecule has 3 nitrogen and oxygen atoms in total. The van der Waals surface area contributed by atoms with Crippen molar-refractivity contribution in [3.8, 4) is 5.75 Å². The lowest BCUT2D eigenvalue weighted by atomic mass is 9.79. The topological polar surface area (TPSA) is 38.7 Å². The van der Waals surface area contributed by atoms with E-state index in [1.165, 1.54) is 0 Å². The first kappa shape index (κ1) is 12.7.